The summed E-state index contributed by atoms with van der Waals surface area (Å²) >= 11 is 0. The molecule has 1 saturated heterocycles. The topological polar surface area (TPSA) is 49.8 Å². The van der Waals surface area contributed by atoms with Crippen molar-refractivity contribution in [3.63, 3.8) is 0 Å². The molecule has 2 atom stereocenters. The summed E-state index contributed by atoms with van der Waals surface area (Å²) in [5, 5.41) is 10.5. The summed E-state index contributed by atoms with van der Waals surface area (Å²) in [6.45, 7) is 10.7. The predicted molar refractivity (Wildman–Crippen MR) is 87.1 cm³/mol. The van der Waals surface area contributed by atoms with Gasteiger partial charge >= 0.3 is 6.09 Å². The second-order valence-corrected chi connectivity index (χ2v) is 7.23. The number of hydrogen-bond donors (Lipinski definition) is 1. The Hall–Kier alpha value is -1.55. The summed E-state index contributed by atoms with van der Waals surface area (Å²) in [6, 6.07) is 6.32. The number of nitrogens with zero attached hydrogens (tertiary/aromatic N) is 1. The molecule has 1 fully saturated rings. The van der Waals surface area contributed by atoms with Gasteiger partial charge in [0.1, 0.15) is 5.60 Å². The second kappa shape index (κ2) is 6.29. The molecule has 0 spiro atoms. The van der Waals surface area contributed by atoms with Gasteiger partial charge in [-0.05, 0) is 57.7 Å². The molecule has 1 heterocycles. The quantitative estimate of drug-likeness (QED) is 0.865. The first-order valence-electron chi connectivity index (χ1n) is 7.90. The van der Waals surface area contributed by atoms with Crippen molar-refractivity contribution in [3.8, 4) is 0 Å². The van der Waals surface area contributed by atoms with Gasteiger partial charge in [0.05, 0.1) is 12.6 Å². The van der Waals surface area contributed by atoms with Crippen molar-refractivity contribution in [2.75, 3.05) is 13.1 Å². The number of aliphatic hydroxyl groups excluding tert-OH is 1. The van der Waals surface area contributed by atoms with E-state index in [0.29, 0.717) is 13.1 Å². The van der Waals surface area contributed by atoms with E-state index in [2.05, 4.69) is 32.0 Å². The highest BCUT2D eigenvalue weighted by molar-refractivity contribution is 5.68. The largest absolute Gasteiger partial charge is 0.444 e. The molecule has 0 aliphatic carbocycles. The van der Waals surface area contributed by atoms with Gasteiger partial charge in [-0.1, -0.05) is 18.2 Å². The molecule has 22 heavy (non-hydrogen) atoms. The maximum Gasteiger partial charge on any atom is 0.410 e. The average Bonchev–Trinajstić information content (AvgIpc) is 2.40. The maximum atomic E-state index is 12.1. The van der Waals surface area contributed by atoms with Crippen LogP contribution < -0.4 is 0 Å². The van der Waals surface area contributed by atoms with Crippen LogP contribution in [0.1, 0.15) is 49.8 Å². The van der Waals surface area contributed by atoms with E-state index in [1.807, 2.05) is 20.8 Å². The average molecular weight is 305 g/mol. The third-order valence-electron chi connectivity index (χ3n) is 4.19. The normalized spacial score (nSPS) is 22.5. The van der Waals surface area contributed by atoms with E-state index in [9.17, 15) is 9.90 Å². The van der Waals surface area contributed by atoms with Crippen LogP contribution in [0.3, 0.4) is 0 Å². The van der Waals surface area contributed by atoms with Crippen LogP contribution in [0.15, 0.2) is 18.2 Å². The number of carbonyl (C=O) groups is 1. The van der Waals surface area contributed by atoms with Crippen LogP contribution in [0.5, 0.6) is 0 Å². The highest BCUT2D eigenvalue weighted by atomic mass is 16.6. The molecule has 1 aliphatic heterocycles. The predicted octanol–water partition coefficient (Wildman–Crippen LogP) is 3.39. The summed E-state index contributed by atoms with van der Waals surface area (Å²) in [6.07, 6.45) is -0.142. The fraction of sp³-hybridized carbons (Fsp3) is 0.611. The van der Waals surface area contributed by atoms with E-state index >= 15 is 0 Å². The fourth-order valence-electron chi connectivity index (χ4n) is 2.81. The highest BCUT2D eigenvalue weighted by Crippen LogP contribution is 2.30. The molecule has 0 aromatic heterocycles. The standard InChI is InChI=1S/C18H27NO3/c1-12-6-7-14(10-13(12)2)15-8-9-19(11-16(15)20)17(21)22-18(3,4)5/h6-7,10,15-16,20H,8-9,11H2,1-5H3/t15-,16-/m1/s1. The number of benzene rings is 1. The summed E-state index contributed by atoms with van der Waals surface area (Å²) in [4.78, 5) is 13.7. The molecule has 0 unspecified atom stereocenters. The van der Waals surface area contributed by atoms with Crippen molar-refractivity contribution in [1.29, 1.82) is 0 Å². The lowest BCUT2D eigenvalue weighted by molar-refractivity contribution is -0.00152. The molecule has 1 amide bonds. The van der Waals surface area contributed by atoms with Gasteiger partial charge in [0.2, 0.25) is 0 Å². The maximum absolute atomic E-state index is 12.1. The Morgan fingerprint density at radius 2 is 1.95 bits per heavy atom. The minimum Gasteiger partial charge on any atom is -0.444 e. The number of ether oxygens (including phenoxy) is 1. The van der Waals surface area contributed by atoms with Crippen molar-refractivity contribution < 1.29 is 14.6 Å². The molecular weight excluding hydrogens is 278 g/mol. The molecule has 0 radical (unpaired) electrons. The lowest BCUT2D eigenvalue weighted by atomic mass is 9.86. The molecule has 1 N–H and O–H groups in total. The van der Waals surface area contributed by atoms with E-state index in [4.69, 9.17) is 4.74 Å². The monoisotopic (exact) mass is 305 g/mol. The molecule has 4 heteroatoms. The number of carbonyl (C=O) groups excluding carboxylic acids is 1. The highest BCUT2D eigenvalue weighted by Gasteiger charge is 2.33. The van der Waals surface area contributed by atoms with Crippen LogP contribution in [-0.4, -0.2) is 40.9 Å². The number of piperidine rings is 1. The molecule has 1 aromatic rings. The van der Waals surface area contributed by atoms with Crippen LogP contribution in [0.4, 0.5) is 4.79 Å². The van der Waals surface area contributed by atoms with Crippen molar-refractivity contribution in [2.24, 2.45) is 0 Å². The third-order valence-corrected chi connectivity index (χ3v) is 4.19. The van der Waals surface area contributed by atoms with E-state index in [1.165, 1.54) is 11.1 Å². The van der Waals surface area contributed by atoms with Crippen molar-refractivity contribution in [3.05, 3.63) is 34.9 Å². The van der Waals surface area contributed by atoms with Crippen LogP contribution in [-0.2, 0) is 4.74 Å². The van der Waals surface area contributed by atoms with Crippen LogP contribution in [0.2, 0.25) is 0 Å². The first kappa shape index (κ1) is 16.8. The van der Waals surface area contributed by atoms with Gasteiger partial charge in [0.15, 0.2) is 0 Å². The lowest BCUT2D eigenvalue weighted by Crippen LogP contribution is -2.47. The Balaban J connectivity index is 2.03. The number of aliphatic hydroxyl groups is 1. The lowest BCUT2D eigenvalue weighted by Gasteiger charge is -2.37. The molecule has 122 valence electrons. The van der Waals surface area contributed by atoms with Gasteiger partial charge in [-0.3, -0.25) is 0 Å². The van der Waals surface area contributed by atoms with E-state index < -0.39 is 11.7 Å². The molecule has 0 saturated carbocycles. The minimum absolute atomic E-state index is 0.0815. The number of likely N-dealkylation sites (tertiary alicyclic amines) is 1. The Morgan fingerprint density at radius 3 is 2.50 bits per heavy atom. The van der Waals surface area contributed by atoms with Gasteiger partial charge in [0, 0.05) is 12.5 Å². The first-order valence-corrected chi connectivity index (χ1v) is 7.90. The van der Waals surface area contributed by atoms with Crippen LogP contribution in [0.25, 0.3) is 0 Å². The zero-order valence-electron chi connectivity index (χ0n) is 14.2. The molecule has 2 rings (SSSR count). The summed E-state index contributed by atoms with van der Waals surface area (Å²) < 4.78 is 5.38. The Bertz CT molecular complexity index is 548. The summed E-state index contributed by atoms with van der Waals surface area (Å²) in [5.41, 5.74) is 3.13. The van der Waals surface area contributed by atoms with Gasteiger partial charge < -0.3 is 14.7 Å². The van der Waals surface area contributed by atoms with Gasteiger partial charge in [-0.15, -0.1) is 0 Å². The summed E-state index contributed by atoms with van der Waals surface area (Å²) in [7, 11) is 0. The number of amides is 1. The first-order chi connectivity index (χ1) is 10.2. The van der Waals surface area contributed by atoms with E-state index in [-0.39, 0.29) is 12.0 Å². The summed E-state index contributed by atoms with van der Waals surface area (Å²) in [5.74, 6) is 0.0815. The van der Waals surface area contributed by atoms with Gasteiger partial charge in [-0.25, -0.2) is 4.79 Å². The van der Waals surface area contributed by atoms with Crippen LogP contribution >= 0.6 is 0 Å². The minimum atomic E-state index is -0.552. The zero-order valence-corrected chi connectivity index (χ0v) is 14.2. The number of aryl methyl sites for hydroxylation is 2. The Labute approximate surface area is 133 Å². The van der Waals surface area contributed by atoms with Crippen molar-refractivity contribution in [1.82, 2.24) is 4.90 Å². The molecule has 0 bridgehead atoms. The van der Waals surface area contributed by atoms with Gasteiger partial charge in [-0.2, -0.15) is 0 Å². The Morgan fingerprint density at radius 1 is 1.27 bits per heavy atom. The molecule has 4 nitrogen and oxygen atoms in total. The smallest absolute Gasteiger partial charge is 0.410 e. The van der Waals surface area contributed by atoms with Crippen LogP contribution in [0, 0.1) is 13.8 Å². The number of β-amino-alcohol motifs (C(OH)–C–C–N with tert-alkyl or cyclic N) is 1. The second-order valence-electron chi connectivity index (χ2n) is 7.23. The molecule has 1 aliphatic rings. The molecular formula is C18H27NO3. The van der Waals surface area contributed by atoms with Crippen molar-refractivity contribution in [2.45, 2.75) is 58.7 Å². The number of rotatable bonds is 1. The van der Waals surface area contributed by atoms with E-state index in [1.54, 1.807) is 4.90 Å². The third kappa shape index (κ3) is 4.01. The zero-order chi connectivity index (χ0) is 16.5. The number of hydrogen-bond acceptors (Lipinski definition) is 3. The SMILES string of the molecule is Cc1ccc([C@H]2CCN(C(=O)OC(C)(C)C)C[C@H]2O)cc1C. The fourth-order valence-corrected chi connectivity index (χ4v) is 2.81. The molecule has 1 aromatic carbocycles. The Kier molecular flexibility index (Phi) is 4.81. The van der Waals surface area contributed by atoms with Gasteiger partial charge in [0.25, 0.3) is 0 Å². The van der Waals surface area contributed by atoms with Crippen molar-refractivity contribution >= 4 is 6.09 Å². The van der Waals surface area contributed by atoms with E-state index in [0.717, 1.165) is 12.0 Å².